The number of primary amides is 1. The Morgan fingerprint density at radius 2 is 1.90 bits per heavy atom. The minimum absolute atomic E-state index is 0.449. The van der Waals surface area contributed by atoms with Crippen molar-refractivity contribution >= 4 is 22.6 Å². The van der Waals surface area contributed by atoms with E-state index in [4.69, 9.17) is 10.7 Å². The van der Waals surface area contributed by atoms with Crippen molar-refractivity contribution in [2.45, 2.75) is 20.0 Å². The average Bonchev–Trinajstić information content (AvgIpc) is 3.09. The number of aromatic nitrogens is 3. The summed E-state index contributed by atoms with van der Waals surface area (Å²) in [4.78, 5) is 23.5. The van der Waals surface area contributed by atoms with E-state index in [1.54, 1.807) is 6.07 Å². The van der Waals surface area contributed by atoms with Crippen molar-refractivity contribution < 1.29 is 4.79 Å². The van der Waals surface area contributed by atoms with Gasteiger partial charge in [-0.15, -0.1) is 0 Å². The minimum Gasteiger partial charge on any atom is -0.366 e. The van der Waals surface area contributed by atoms with Gasteiger partial charge in [-0.3, -0.25) is 9.36 Å². The summed E-state index contributed by atoms with van der Waals surface area (Å²) in [6.07, 6.45) is 1.86. The number of nitrogens with one attached hydrogen (secondary N) is 1. The van der Waals surface area contributed by atoms with Gasteiger partial charge in [0, 0.05) is 41.5 Å². The van der Waals surface area contributed by atoms with E-state index in [1.807, 2.05) is 68.2 Å². The SMILES string of the molecule is Cc1cc2c(C(N)=O)cccc2n1-c1ncc(CN(C)C)c(NCc2ccccc2)n1. The second-order valence-corrected chi connectivity index (χ2v) is 7.84. The fraction of sp³-hybridized carbons (Fsp3) is 0.208. The standard InChI is InChI=1S/C24H26N6O/c1-16-12-20-19(22(25)31)10-7-11-21(20)30(16)24-27-14-18(15-29(2)3)23(28-24)26-13-17-8-5-4-6-9-17/h4-12,14H,13,15H2,1-3H3,(H2,25,31)(H,26,27,28). The van der Waals surface area contributed by atoms with Gasteiger partial charge in [-0.05, 0) is 44.8 Å². The first-order valence-electron chi connectivity index (χ1n) is 10.1. The third-order valence-corrected chi connectivity index (χ3v) is 5.14. The Kier molecular flexibility index (Phi) is 5.68. The zero-order valence-corrected chi connectivity index (χ0v) is 18.0. The average molecular weight is 415 g/mol. The molecule has 1 amide bonds. The maximum Gasteiger partial charge on any atom is 0.249 e. The number of benzene rings is 2. The molecule has 2 aromatic carbocycles. The van der Waals surface area contributed by atoms with E-state index in [9.17, 15) is 4.79 Å². The lowest BCUT2D eigenvalue weighted by Gasteiger charge is -2.16. The highest BCUT2D eigenvalue weighted by Crippen LogP contribution is 2.26. The molecule has 4 rings (SSSR count). The number of carbonyl (C=O) groups excluding carboxylic acids is 1. The molecule has 0 radical (unpaired) electrons. The van der Waals surface area contributed by atoms with Gasteiger partial charge in [-0.2, -0.15) is 4.98 Å². The van der Waals surface area contributed by atoms with Gasteiger partial charge >= 0.3 is 0 Å². The molecule has 7 nitrogen and oxygen atoms in total. The van der Waals surface area contributed by atoms with Crippen molar-refractivity contribution in [2.24, 2.45) is 5.73 Å². The molecule has 0 unspecified atom stereocenters. The molecule has 4 aromatic rings. The fourth-order valence-corrected chi connectivity index (χ4v) is 3.74. The van der Waals surface area contributed by atoms with Crippen LogP contribution in [-0.2, 0) is 13.1 Å². The highest BCUT2D eigenvalue weighted by Gasteiger charge is 2.16. The van der Waals surface area contributed by atoms with Crippen LogP contribution in [0.4, 0.5) is 5.82 Å². The molecule has 3 N–H and O–H groups in total. The molecule has 0 spiro atoms. The summed E-state index contributed by atoms with van der Waals surface area (Å²) in [5, 5.41) is 4.27. The number of carbonyl (C=O) groups is 1. The van der Waals surface area contributed by atoms with Crippen LogP contribution in [0.3, 0.4) is 0 Å². The van der Waals surface area contributed by atoms with E-state index in [1.165, 1.54) is 5.56 Å². The molecule has 2 heterocycles. The van der Waals surface area contributed by atoms with E-state index in [2.05, 4.69) is 27.3 Å². The minimum atomic E-state index is -0.449. The lowest BCUT2D eigenvalue weighted by atomic mass is 10.1. The number of nitrogens with two attached hydrogens (primary N) is 1. The Morgan fingerprint density at radius 3 is 2.61 bits per heavy atom. The highest BCUT2D eigenvalue weighted by atomic mass is 16.1. The number of rotatable bonds is 7. The summed E-state index contributed by atoms with van der Waals surface area (Å²) in [7, 11) is 4.04. The van der Waals surface area contributed by atoms with Crippen molar-refractivity contribution in [1.29, 1.82) is 0 Å². The molecule has 0 fully saturated rings. The Hall–Kier alpha value is -3.71. The summed E-state index contributed by atoms with van der Waals surface area (Å²) in [5.41, 5.74) is 10.0. The van der Waals surface area contributed by atoms with Crippen LogP contribution in [0, 0.1) is 6.92 Å². The molecule has 0 saturated carbocycles. The first kappa shape index (κ1) is 20.6. The summed E-state index contributed by atoms with van der Waals surface area (Å²) in [6, 6.07) is 17.7. The van der Waals surface area contributed by atoms with Gasteiger partial charge in [-0.25, -0.2) is 4.98 Å². The number of amides is 1. The molecule has 0 aliphatic carbocycles. The second-order valence-electron chi connectivity index (χ2n) is 7.84. The first-order valence-corrected chi connectivity index (χ1v) is 10.1. The normalized spacial score (nSPS) is 11.2. The molecule has 0 aliphatic heterocycles. The van der Waals surface area contributed by atoms with E-state index >= 15 is 0 Å². The lowest BCUT2D eigenvalue weighted by Crippen LogP contribution is -2.16. The molecule has 0 atom stereocenters. The summed E-state index contributed by atoms with van der Waals surface area (Å²) < 4.78 is 1.95. The largest absolute Gasteiger partial charge is 0.366 e. The van der Waals surface area contributed by atoms with E-state index in [0.29, 0.717) is 24.6 Å². The first-order chi connectivity index (χ1) is 14.9. The Bertz CT molecular complexity index is 1230. The summed E-state index contributed by atoms with van der Waals surface area (Å²) >= 11 is 0. The number of hydrogen-bond acceptors (Lipinski definition) is 5. The van der Waals surface area contributed by atoms with Crippen LogP contribution in [0.25, 0.3) is 16.9 Å². The van der Waals surface area contributed by atoms with Crippen LogP contribution in [-0.4, -0.2) is 39.4 Å². The molecule has 31 heavy (non-hydrogen) atoms. The number of aryl methyl sites for hydroxylation is 1. The maximum absolute atomic E-state index is 11.9. The summed E-state index contributed by atoms with van der Waals surface area (Å²) in [6.45, 7) is 3.35. The van der Waals surface area contributed by atoms with Crippen LogP contribution in [0.2, 0.25) is 0 Å². The Labute approximate surface area is 181 Å². The second kappa shape index (κ2) is 8.57. The van der Waals surface area contributed by atoms with Crippen LogP contribution < -0.4 is 11.1 Å². The van der Waals surface area contributed by atoms with Crippen molar-refractivity contribution in [3.8, 4) is 5.95 Å². The molecule has 0 bridgehead atoms. The van der Waals surface area contributed by atoms with E-state index in [0.717, 1.165) is 28.0 Å². The number of nitrogens with zero attached hydrogens (tertiary/aromatic N) is 4. The van der Waals surface area contributed by atoms with Crippen LogP contribution in [0.15, 0.2) is 60.8 Å². The van der Waals surface area contributed by atoms with Crippen molar-refractivity contribution in [3.63, 3.8) is 0 Å². The van der Waals surface area contributed by atoms with Gasteiger partial charge in [0.2, 0.25) is 11.9 Å². The van der Waals surface area contributed by atoms with Gasteiger partial charge in [0.05, 0.1) is 5.52 Å². The smallest absolute Gasteiger partial charge is 0.249 e. The number of anilines is 1. The highest BCUT2D eigenvalue weighted by molar-refractivity contribution is 6.06. The zero-order chi connectivity index (χ0) is 22.0. The Balaban J connectivity index is 1.78. The molecule has 2 aromatic heterocycles. The fourth-order valence-electron chi connectivity index (χ4n) is 3.74. The van der Waals surface area contributed by atoms with Gasteiger partial charge < -0.3 is 16.0 Å². The van der Waals surface area contributed by atoms with Crippen LogP contribution in [0.5, 0.6) is 0 Å². The Morgan fingerprint density at radius 1 is 1.13 bits per heavy atom. The quantitative estimate of drug-likeness (QED) is 0.483. The van der Waals surface area contributed by atoms with E-state index < -0.39 is 5.91 Å². The molecule has 0 aliphatic rings. The maximum atomic E-state index is 11.9. The third-order valence-electron chi connectivity index (χ3n) is 5.14. The van der Waals surface area contributed by atoms with Gasteiger partial charge in [0.25, 0.3) is 0 Å². The monoisotopic (exact) mass is 414 g/mol. The predicted octanol–water partition coefficient (Wildman–Crippen LogP) is 3.50. The summed E-state index contributed by atoms with van der Waals surface area (Å²) in [5.74, 6) is 0.886. The predicted molar refractivity (Wildman–Crippen MR) is 123 cm³/mol. The van der Waals surface area contributed by atoms with E-state index in [-0.39, 0.29) is 0 Å². The number of hydrogen-bond donors (Lipinski definition) is 2. The van der Waals surface area contributed by atoms with Crippen LogP contribution >= 0.6 is 0 Å². The molecule has 158 valence electrons. The zero-order valence-electron chi connectivity index (χ0n) is 18.0. The van der Waals surface area contributed by atoms with Crippen molar-refractivity contribution in [3.05, 3.63) is 83.2 Å². The van der Waals surface area contributed by atoms with Gasteiger partial charge in [0.1, 0.15) is 5.82 Å². The number of fused-ring (bicyclic) bond motifs is 1. The topological polar surface area (TPSA) is 89.1 Å². The molecule has 0 saturated heterocycles. The van der Waals surface area contributed by atoms with Gasteiger partial charge in [-0.1, -0.05) is 36.4 Å². The van der Waals surface area contributed by atoms with Crippen LogP contribution in [0.1, 0.15) is 27.2 Å². The molecule has 7 heteroatoms. The lowest BCUT2D eigenvalue weighted by molar-refractivity contribution is 0.100. The van der Waals surface area contributed by atoms with Crippen molar-refractivity contribution in [1.82, 2.24) is 19.4 Å². The molecular formula is C24H26N6O. The molecular weight excluding hydrogens is 388 g/mol. The van der Waals surface area contributed by atoms with Gasteiger partial charge in [0.15, 0.2) is 0 Å². The van der Waals surface area contributed by atoms with Crippen molar-refractivity contribution in [2.75, 3.05) is 19.4 Å². The third kappa shape index (κ3) is 4.27.